The molecule has 0 amide bonds. The highest BCUT2D eigenvalue weighted by molar-refractivity contribution is 5.69. The van der Waals surface area contributed by atoms with E-state index in [9.17, 15) is 0 Å². The minimum Gasteiger partial charge on any atom is -0.397 e. The first-order valence-corrected chi connectivity index (χ1v) is 6.78. The predicted molar refractivity (Wildman–Crippen MR) is 75.3 cm³/mol. The highest BCUT2D eigenvalue weighted by Crippen LogP contribution is 2.28. The van der Waals surface area contributed by atoms with Gasteiger partial charge >= 0.3 is 0 Å². The standard InChI is InChI=1S/C15H24N2/c1-11-5-3-7-13(10-9-11)17-14-8-4-6-12(2)15(14)16/h4,6,8,11,13,17H,3,5,7,9-10,16H2,1-2H3. The van der Waals surface area contributed by atoms with Crippen LogP contribution in [0.3, 0.4) is 0 Å². The van der Waals surface area contributed by atoms with E-state index in [-0.39, 0.29) is 0 Å². The number of hydrogen-bond acceptors (Lipinski definition) is 2. The number of rotatable bonds is 2. The Morgan fingerprint density at radius 1 is 1.18 bits per heavy atom. The third-order valence-electron chi connectivity index (χ3n) is 3.94. The van der Waals surface area contributed by atoms with Gasteiger partial charge in [-0.3, -0.25) is 0 Å². The lowest BCUT2D eigenvalue weighted by Gasteiger charge is -2.19. The molecule has 0 aliphatic heterocycles. The van der Waals surface area contributed by atoms with Crippen LogP contribution in [-0.2, 0) is 0 Å². The summed E-state index contributed by atoms with van der Waals surface area (Å²) in [7, 11) is 0. The summed E-state index contributed by atoms with van der Waals surface area (Å²) in [5.41, 5.74) is 9.29. The third kappa shape index (κ3) is 3.15. The number of nitrogens with two attached hydrogens (primary N) is 1. The summed E-state index contributed by atoms with van der Waals surface area (Å²) in [5, 5.41) is 3.63. The molecule has 0 aromatic heterocycles. The molecule has 1 saturated carbocycles. The van der Waals surface area contributed by atoms with E-state index in [1.54, 1.807) is 0 Å². The lowest BCUT2D eigenvalue weighted by atomic mass is 10.0. The maximum Gasteiger partial charge on any atom is 0.0579 e. The van der Waals surface area contributed by atoms with Gasteiger partial charge in [0.15, 0.2) is 0 Å². The summed E-state index contributed by atoms with van der Waals surface area (Å²) in [6.45, 7) is 4.43. The van der Waals surface area contributed by atoms with Gasteiger partial charge in [0.1, 0.15) is 0 Å². The molecule has 2 heteroatoms. The van der Waals surface area contributed by atoms with Crippen molar-refractivity contribution in [3.05, 3.63) is 23.8 Å². The van der Waals surface area contributed by atoms with Gasteiger partial charge in [-0.05, 0) is 43.7 Å². The van der Waals surface area contributed by atoms with E-state index in [0.29, 0.717) is 6.04 Å². The molecule has 3 N–H and O–H groups in total. The third-order valence-corrected chi connectivity index (χ3v) is 3.94. The Balaban J connectivity index is 2.02. The van der Waals surface area contributed by atoms with Crippen molar-refractivity contribution < 1.29 is 0 Å². The van der Waals surface area contributed by atoms with E-state index in [1.165, 1.54) is 32.1 Å². The van der Waals surface area contributed by atoms with Gasteiger partial charge in [-0.2, -0.15) is 0 Å². The van der Waals surface area contributed by atoms with Crippen molar-refractivity contribution in [2.45, 2.75) is 52.0 Å². The smallest absolute Gasteiger partial charge is 0.0579 e. The average molecular weight is 232 g/mol. The second-order valence-corrected chi connectivity index (χ2v) is 5.49. The van der Waals surface area contributed by atoms with Crippen molar-refractivity contribution >= 4 is 11.4 Å². The number of hydrogen-bond donors (Lipinski definition) is 2. The van der Waals surface area contributed by atoms with Crippen LogP contribution in [0, 0.1) is 12.8 Å². The van der Waals surface area contributed by atoms with Gasteiger partial charge in [-0.15, -0.1) is 0 Å². The Morgan fingerprint density at radius 2 is 2.00 bits per heavy atom. The number of anilines is 2. The monoisotopic (exact) mass is 232 g/mol. The zero-order valence-electron chi connectivity index (χ0n) is 11.0. The summed E-state index contributed by atoms with van der Waals surface area (Å²) in [6.07, 6.45) is 6.60. The molecule has 1 aliphatic rings. The second-order valence-electron chi connectivity index (χ2n) is 5.49. The second kappa shape index (κ2) is 5.44. The van der Waals surface area contributed by atoms with E-state index in [0.717, 1.165) is 22.9 Å². The Morgan fingerprint density at radius 3 is 2.82 bits per heavy atom. The van der Waals surface area contributed by atoms with E-state index in [2.05, 4.69) is 37.4 Å². The first-order valence-electron chi connectivity index (χ1n) is 6.78. The number of para-hydroxylation sites is 1. The fourth-order valence-electron chi connectivity index (χ4n) is 2.66. The van der Waals surface area contributed by atoms with Crippen LogP contribution in [0.1, 0.15) is 44.6 Å². The van der Waals surface area contributed by atoms with Crippen LogP contribution in [0.2, 0.25) is 0 Å². The van der Waals surface area contributed by atoms with Gasteiger partial charge in [0.2, 0.25) is 0 Å². The van der Waals surface area contributed by atoms with Crippen molar-refractivity contribution in [1.29, 1.82) is 0 Å². The molecule has 94 valence electrons. The maximum atomic E-state index is 6.10. The van der Waals surface area contributed by atoms with E-state index >= 15 is 0 Å². The zero-order chi connectivity index (χ0) is 12.3. The van der Waals surface area contributed by atoms with Crippen LogP contribution in [-0.4, -0.2) is 6.04 Å². The predicted octanol–water partition coefficient (Wildman–Crippen LogP) is 3.96. The summed E-state index contributed by atoms with van der Waals surface area (Å²) in [4.78, 5) is 0. The molecule has 2 atom stereocenters. The van der Waals surface area contributed by atoms with E-state index < -0.39 is 0 Å². The first kappa shape index (κ1) is 12.3. The van der Waals surface area contributed by atoms with Crippen molar-refractivity contribution in [1.82, 2.24) is 0 Å². The van der Waals surface area contributed by atoms with E-state index in [1.807, 2.05) is 0 Å². The Kier molecular flexibility index (Phi) is 3.93. The maximum absolute atomic E-state index is 6.10. The molecule has 1 aliphatic carbocycles. The quantitative estimate of drug-likeness (QED) is 0.598. The topological polar surface area (TPSA) is 38.0 Å². The molecule has 2 nitrogen and oxygen atoms in total. The Hall–Kier alpha value is -1.18. The molecule has 1 aromatic carbocycles. The molecule has 1 fully saturated rings. The summed E-state index contributed by atoms with van der Waals surface area (Å²) in [5.74, 6) is 0.886. The summed E-state index contributed by atoms with van der Waals surface area (Å²) >= 11 is 0. The van der Waals surface area contributed by atoms with Gasteiger partial charge < -0.3 is 11.1 Å². The molecular formula is C15H24N2. The number of nitrogen functional groups attached to an aromatic ring is 1. The summed E-state index contributed by atoms with van der Waals surface area (Å²) in [6, 6.07) is 6.84. The van der Waals surface area contributed by atoms with Crippen molar-refractivity contribution in [2.75, 3.05) is 11.1 Å². The number of aryl methyl sites for hydroxylation is 1. The van der Waals surface area contributed by atoms with Crippen LogP contribution >= 0.6 is 0 Å². The molecule has 17 heavy (non-hydrogen) atoms. The van der Waals surface area contributed by atoms with E-state index in [4.69, 9.17) is 5.73 Å². The Labute approximate surface area is 105 Å². The minimum absolute atomic E-state index is 0.601. The normalized spacial score (nSPS) is 25.3. The van der Waals surface area contributed by atoms with Gasteiger partial charge in [0.05, 0.1) is 11.4 Å². The van der Waals surface area contributed by atoms with Gasteiger partial charge in [-0.1, -0.05) is 31.9 Å². The number of nitrogens with one attached hydrogen (secondary N) is 1. The molecular weight excluding hydrogens is 208 g/mol. The minimum atomic E-state index is 0.601. The van der Waals surface area contributed by atoms with Crippen LogP contribution < -0.4 is 11.1 Å². The van der Waals surface area contributed by atoms with Crippen LogP contribution in [0.5, 0.6) is 0 Å². The zero-order valence-corrected chi connectivity index (χ0v) is 11.0. The molecule has 0 saturated heterocycles. The van der Waals surface area contributed by atoms with Crippen molar-refractivity contribution in [3.63, 3.8) is 0 Å². The lowest BCUT2D eigenvalue weighted by molar-refractivity contribution is 0.502. The molecule has 0 heterocycles. The highest BCUT2D eigenvalue weighted by atomic mass is 14.9. The van der Waals surface area contributed by atoms with Gasteiger partial charge in [0.25, 0.3) is 0 Å². The fraction of sp³-hybridized carbons (Fsp3) is 0.600. The largest absolute Gasteiger partial charge is 0.397 e. The molecule has 1 aromatic rings. The number of benzene rings is 1. The first-order chi connectivity index (χ1) is 8.16. The van der Waals surface area contributed by atoms with Crippen molar-refractivity contribution in [3.8, 4) is 0 Å². The molecule has 0 spiro atoms. The molecule has 0 bridgehead atoms. The van der Waals surface area contributed by atoms with Gasteiger partial charge in [-0.25, -0.2) is 0 Å². The molecule has 2 rings (SSSR count). The Bertz CT molecular complexity index is 373. The van der Waals surface area contributed by atoms with Crippen molar-refractivity contribution in [2.24, 2.45) is 5.92 Å². The van der Waals surface area contributed by atoms with Crippen LogP contribution in [0.25, 0.3) is 0 Å². The van der Waals surface area contributed by atoms with Crippen LogP contribution in [0.15, 0.2) is 18.2 Å². The van der Waals surface area contributed by atoms with Crippen LogP contribution in [0.4, 0.5) is 11.4 Å². The lowest BCUT2D eigenvalue weighted by Crippen LogP contribution is -2.19. The molecule has 2 unspecified atom stereocenters. The highest BCUT2D eigenvalue weighted by Gasteiger charge is 2.16. The van der Waals surface area contributed by atoms with Gasteiger partial charge in [0, 0.05) is 6.04 Å². The SMILES string of the molecule is Cc1cccc(NC2CCCC(C)CC2)c1N. The summed E-state index contributed by atoms with van der Waals surface area (Å²) < 4.78 is 0. The molecule has 0 radical (unpaired) electrons. The average Bonchev–Trinajstić information content (AvgIpc) is 2.50. The fourth-order valence-corrected chi connectivity index (χ4v) is 2.66.